The highest BCUT2D eigenvalue weighted by atomic mass is 16.4. The van der Waals surface area contributed by atoms with Gasteiger partial charge in [0.05, 0.1) is 17.4 Å². The van der Waals surface area contributed by atoms with Crippen LogP contribution in [0.15, 0.2) is 30.6 Å². The highest BCUT2D eigenvalue weighted by Gasteiger charge is 2.22. The minimum atomic E-state index is -1.82. The van der Waals surface area contributed by atoms with Crippen LogP contribution >= 0.6 is 0 Å². The van der Waals surface area contributed by atoms with E-state index in [-0.39, 0.29) is 0 Å². The molecular formula is C19H25N3O5. The molecule has 0 bridgehead atoms. The number of carbonyl (C=O) groups is 3. The van der Waals surface area contributed by atoms with Crippen LogP contribution in [0, 0.1) is 5.92 Å². The molecule has 1 saturated heterocycles. The molecule has 0 spiro atoms. The Morgan fingerprint density at radius 1 is 1.11 bits per heavy atom. The second-order valence-electron chi connectivity index (χ2n) is 6.57. The van der Waals surface area contributed by atoms with E-state index in [1.165, 1.54) is 5.52 Å². The second kappa shape index (κ2) is 9.70. The lowest BCUT2D eigenvalue weighted by molar-refractivity contribution is -0.159. The van der Waals surface area contributed by atoms with Crippen LogP contribution in [0.1, 0.15) is 32.6 Å². The number of carboxylic acid groups (broad SMARTS) is 2. The predicted molar refractivity (Wildman–Crippen MR) is 99.2 cm³/mol. The molecule has 8 nitrogen and oxygen atoms in total. The van der Waals surface area contributed by atoms with E-state index in [2.05, 4.69) is 34.7 Å². The minimum Gasteiger partial charge on any atom is -0.473 e. The van der Waals surface area contributed by atoms with Crippen LogP contribution in [0.25, 0.3) is 11.0 Å². The van der Waals surface area contributed by atoms with Crippen LogP contribution in [0.2, 0.25) is 0 Å². The predicted octanol–water partition coefficient (Wildman–Crippen LogP) is 2.23. The van der Waals surface area contributed by atoms with Crippen LogP contribution in [-0.2, 0) is 20.9 Å². The maximum atomic E-state index is 11.9. The molecule has 0 saturated carbocycles. The number of hydrogen-bond donors (Lipinski definition) is 2. The van der Waals surface area contributed by atoms with Gasteiger partial charge in [-0.2, -0.15) is 0 Å². The van der Waals surface area contributed by atoms with E-state index in [0.29, 0.717) is 18.2 Å². The highest BCUT2D eigenvalue weighted by Crippen LogP contribution is 2.22. The number of carboxylic acids is 2. The number of carbonyl (C=O) groups excluding carboxylic acids is 1. The molecule has 1 aliphatic rings. The molecule has 2 N–H and O–H groups in total. The van der Waals surface area contributed by atoms with Gasteiger partial charge in [0, 0.05) is 26.1 Å². The average molecular weight is 375 g/mol. The molecule has 27 heavy (non-hydrogen) atoms. The standard InChI is InChI=1S/C17H23N3O.C2H2O4/c1-2-5-17(21)19-10-8-14(9-11-19)12-20-13-18-15-6-3-4-7-16(15)20;3-1(4)2(5)6/h3-4,6-7,13-14H,2,5,8-12H2,1H3;(H,3,4)(H,5,6). The van der Waals surface area contributed by atoms with Crippen molar-refractivity contribution in [3.63, 3.8) is 0 Å². The van der Waals surface area contributed by atoms with Gasteiger partial charge in [-0.3, -0.25) is 4.79 Å². The van der Waals surface area contributed by atoms with Gasteiger partial charge < -0.3 is 19.7 Å². The number of para-hydroxylation sites is 2. The number of piperidine rings is 1. The van der Waals surface area contributed by atoms with E-state index in [4.69, 9.17) is 19.8 Å². The van der Waals surface area contributed by atoms with Crippen molar-refractivity contribution >= 4 is 28.9 Å². The van der Waals surface area contributed by atoms with Gasteiger partial charge in [0.1, 0.15) is 0 Å². The van der Waals surface area contributed by atoms with E-state index in [9.17, 15) is 4.79 Å². The number of hydrogen-bond acceptors (Lipinski definition) is 4. The van der Waals surface area contributed by atoms with Crippen molar-refractivity contribution in [2.45, 2.75) is 39.2 Å². The Morgan fingerprint density at radius 2 is 1.74 bits per heavy atom. The molecule has 0 atom stereocenters. The van der Waals surface area contributed by atoms with Gasteiger partial charge in [-0.25, -0.2) is 14.6 Å². The Bertz CT molecular complexity index is 781. The van der Waals surface area contributed by atoms with Crippen molar-refractivity contribution in [3.05, 3.63) is 30.6 Å². The molecule has 1 fully saturated rings. The maximum Gasteiger partial charge on any atom is 0.414 e. The quantitative estimate of drug-likeness (QED) is 0.793. The average Bonchev–Trinajstić information content (AvgIpc) is 3.06. The van der Waals surface area contributed by atoms with Gasteiger partial charge >= 0.3 is 11.9 Å². The number of rotatable bonds is 4. The summed E-state index contributed by atoms with van der Waals surface area (Å²) in [6, 6.07) is 8.27. The fourth-order valence-electron chi connectivity index (χ4n) is 3.17. The van der Waals surface area contributed by atoms with E-state index >= 15 is 0 Å². The zero-order chi connectivity index (χ0) is 19.8. The van der Waals surface area contributed by atoms with Crippen LogP contribution < -0.4 is 0 Å². The van der Waals surface area contributed by atoms with E-state index in [1.807, 2.05) is 17.3 Å². The molecular weight excluding hydrogens is 350 g/mol. The SMILES string of the molecule is CCCC(=O)N1CCC(Cn2cnc3ccccc32)CC1.O=C(O)C(=O)O. The molecule has 0 aliphatic carbocycles. The van der Waals surface area contributed by atoms with Gasteiger partial charge in [0.25, 0.3) is 0 Å². The molecule has 146 valence electrons. The van der Waals surface area contributed by atoms with Gasteiger partial charge in [0.15, 0.2) is 0 Å². The lowest BCUT2D eigenvalue weighted by Crippen LogP contribution is -2.39. The molecule has 1 aromatic heterocycles. The summed E-state index contributed by atoms with van der Waals surface area (Å²) in [5.41, 5.74) is 2.27. The van der Waals surface area contributed by atoms with E-state index in [0.717, 1.165) is 44.4 Å². The lowest BCUT2D eigenvalue weighted by Gasteiger charge is -2.32. The number of fused-ring (bicyclic) bond motifs is 1. The molecule has 8 heteroatoms. The fraction of sp³-hybridized carbons (Fsp3) is 0.474. The Kier molecular flexibility index (Phi) is 7.34. The number of aliphatic carboxylic acids is 2. The number of nitrogens with zero attached hydrogens (tertiary/aromatic N) is 3. The van der Waals surface area contributed by atoms with Crippen molar-refractivity contribution in [3.8, 4) is 0 Å². The van der Waals surface area contributed by atoms with Gasteiger partial charge in [-0.1, -0.05) is 19.1 Å². The smallest absolute Gasteiger partial charge is 0.414 e. The second-order valence-corrected chi connectivity index (χ2v) is 6.57. The summed E-state index contributed by atoms with van der Waals surface area (Å²) in [5, 5.41) is 14.8. The first-order valence-electron chi connectivity index (χ1n) is 9.06. The van der Waals surface area contributed by atoms with Gasteiger partial charge in [-0.05, 0) is 37.3 Å². The van der Waals surface area contributed by atoms with Gasteiger partial charge in [-0.15, -0.1) is 0 Å². The fourth-order valence-corrected chi connectivity index (χ4v) is 3.17. The van der Waals surface area contributed by atoms with Crippen molar-refractivity contribution in [1.82, 2.24) is 14.5 Å². The molecule has 0 unspecified atom stereocenters. The normalized spacial score (nSPS) is 14.5. The molecule has 1 aliphatic heterocycles. The summed E-state index contributed by atoms with van der Waals surface area (Å²) >= 11 is 0. The monoisotopic (exact) mass is 375 g/mol. The third-order valence-corrected chi connectivity index (χ3v) is 4.60. The first kappa shape index (κ1) is 20.4. The zero-order valence-electron chi connectivity index (χ0n) is 15.4. The summed E-state index contributed by atoms with van der Waals surface area (Å²) in [4.78, 5) is 36.6. The Morgan fingerprint density at radius 3 is 2.33 bits per heavy atom. The Balaban J connectivity index is 0.000000380. The van der Waals surface area contributed by atoms with Gasteiger partial charge in [0.2, 0.25) is 5.91 Å². The molecule has 2 heterocycles. The van der Waals surface area contributed by atoms with Crippen molar-refractivity contribution < 1.29 is 24.6 Å². The van der Waals surface area contributed by atoms with Crippen LogP contribution in [0.3, 0.4) is 0 Å². The number of aromatic nitrogens is 2. The van der Waals surface area contributed by atoms with Crippen LogP contribution in [0.5, 0.6) is 0 Å². The topological polar surface area (TPSA) is 113 Å². The minimum absolute atomic E-state index is 0.323. The number of imidazole rings is 1. The first-order chi connectivity index (χ1) is 12.9. The van der Waals surface area contributed by atoms with Crippen molar-refractivity contribution in [2.24, 2.45) is 5.92 Å². The maximum absolute atomic E-state index is 11.9. The number of likely N-dealkylation sites (tertiary alicyclic amines) is 1. The Labute approximate surface area is 157 Å². The summed E-state index contributed by atoms with van der Waals surface area (Å²) in [5.74, 6) is -2.68. The molecule has 2 aromatic rings. The summed E-state index contributed by atoms with van der Waals surface area (Å²) in [7, 11) is 0. The third kappa shape index (κ3) is 5.80. The highest BCUT2D eigenvalue weighted by molar-refractivity contribution is 6.27. The molecule has 0 radical (unpaired) electrons. The summed E-state index contributed by atoms with van der Waals surface area (Å²) in [6.07, 6.45) is 5.78. The third-order valence-electron chi connectivity index (χ3n) is 4.60. The first-order valence-corrected chi connectivity index (χ1v) is 9.06. The van der Waals surface area contributed by atoms with E-state index < -0.39 is 11.9 Å². The van der Waals surface area contributed by atoms with E-state index in [1.54, 1.807) is 0 Å². The van der Waals surface area contributed by atoms with Crippen molar-refractivity contribution in [2.75, 3.05) is 13.1 Å². The summed E-state index contributed by atoms with van der Waals surface area (Å²) < 4.78 is 2.25. The zero-order valence-corrected chi connectivity index (χ0v) is 15.4. The molecule has 1 amide bonds. The number of amides is 1. The van der Waals surface area contributed by atoms with Crippen molar-refractivity contribution in [1.29, 1.82) is 0 Å². The van der Waals surface area contributed by atoms with Crippen LogP contribution in [-0.4, -0.2) is 55.6 Å². The molecule has 3 rings (SSSR count). The lowest BCUT2D eigenvalue weighted by atomic mass is 9.96. The van der Waals surface area contributed by atoms with Crippen LogP contribution in [0.4, 0.5) is 0 Å². The Hall–Kier alpha value is -2.90. The largest absolute Gasteiger partial charge is 0.473 e. The summed E-state index contributed by atoms with van der Waals surface area (Å²) in [6.45, 7) is 4.90. The molecule has 1 aromatic carbocycles. The number of benzene rings is 1.